The maximum atomic E-state index is 5.50. The molecule has 15 heavy (non-hydrogen) atoms. The largest absolute Gasteiger partial charge is 0.379 e. The normalized spacial score (nSPS) is 13.0. The van der Waals surface area contributed by atoms with Gasteiger partial charge < -0.3 is 15.8 Å². The third-order valence-corrected chi connectivity index (χ3v) is 3.18. The minimum atomic E-state index is 0.114. The molecule has 0 fully saturated rings. The van der Waals surface area contributed by atoms with E-state index in [-0.39, 0.29) is 6.10 Å². The number of aromatic nitrogens is 1. The van der Waals surface area contributed by atoms with E-state index < -0.39 is 0 Å². The molecule has 0 saturated heterocycles. The summed E-state index contributed by atoms with van der Waals surface area (Å²) >= 11 is 1.71. The zero-order chi connectivity index (χ0) is 11.1. The predicted molar refractivity (Wildman–Crippen MR) is 63.3 cm³/mol. The van der Waals surface area contributed by atoms with Crippen LogP contribution < -0.4 is 11.1 Å². The monoisotopic (exact) mass is 229 g/mol. The zero-order valence-corrected chi connectivity index (χ0v) is 10.1. The molecule has 0 aliphatic carbocycles. The Morgan fingerprint density at radius 2 is 2.47 bits per heavy atom. The number of methoxy groups -OCH3 is 1. The Bertz CT molecular complexity index is 273. The fraction of sp³-hybridized carbons (Fsp3) is 0.700. The molecule has 5 heteroatoms. The maximum absolute atomic E-state index is 5.50. The summed E-state index contributed by atoms with van der Waals surface area (Å²) in [5.74, 6) is 0. The Kier molecular flexibility index (Phi) is 5.78. The van der Waals surface area contributed by atoms with Crippen LogP contribution in [0.2, 0.25) is 0 Å². The van der Waals surface area contributed by atoms with Crippen molar-refractivity contribution in [2.75, 3.05) is 26.7 Å². The average molecular weight is 229 g/mol. The van der Waals surface area contributed by atoms with Gasteiger partial charge in [0.1, 0.15) is 0 Å². The number of thiazole rings is 1. The fourth-order valence-electron chi connectivity index (χ4n) is 1.24. The van der Waals surface area contributed by atoms with Gasteiger partial charge in [0.2, 0.25) is 0 Å². The molecule has 0 amide bonds. The first kappa shape index (κ1) is 12.6. The summed E-state index contributed by atoms with van der Waals surface area (Å²) in [7, 11) is 1.68. The van der Waals surface area contributed by atoms with Gasteiger partial charge in [0.25, 0.3) is 0 Å². The Hall–Kier alpha value is -0.490. The second-order valence-electron chi connectivity index (χ2n) is 3.43. The first-order valence-corrected chi connectivity index (χ1v) is 5.98. The minimum Gasteiger partial charge on any atom is -0.379 e. The molecule has 0 aliphatic heterocycles. The molecule has 1 aromatic rings. The summed E-state index contributed by atoms with van der Waals surface area (Å²) in [6.07, 6.45) is 1.09. The van der Waals surface area contributed by atoms with Gasteiger partial charge in [-0.2, -0.15) is 0 Å². The van der Waals surface area contributed by atoms with Crippen LogP contribution in [0.1, 0.15) is 10.7 Å². The third-order valence-electron chi connectivity index (χ3n) is 2.15. The molecule has 1 unspecified atom stereocenters. The molecule has 0 aromatic carbocycles. The molecule has 0 radical (unpaired) electrons. The molecule has 4 nitrogen and oxygen atoms in total. The number of aryl methyl sites for hydroxylation is 1. The van der Waals surface area contributed by atoms with Gasteiger partial charge in [-0.25, -0.2) is 4.98 Å². The Balaban J connectivity index is 2.11. The molecule has 1 rings (SSSR count). The SMILES string of the molecule is COC(CN)CNCCc1nc(C)cs1. The standard InChI is InChI=1S/C10H19N3OS/c1-8-7-15-10(13-8)3-4-12-6-9(5-11)14-2/h7,9,12H,3-6,11H2,1-2H3. The first-order chi connectivity index (χ1) is 7.26. The van der Waals surface area contributed by atoms with E-state index in [9.17, 15) is 0 Å². The topological polar surface area (TPSA) is 60.2 Å². The molecule has 1 aromatic heterocycles. The van der Waals surface area contributed by atoms with Crippen LogP contribution in [0.15, 0.2) is 5.38 Å². The van der Waals surface area contributed by atoms with Crippen LogP contribution in [0.3, 0.4) is 0 Å². The summed E-state index contributed by atoms with van der Waals surface area (Å²) in [6, 6.07) is 0. The van der Waals surface area contributed by atoms with Crippen molar-refractivity contribution in [1.82, 2.24) is 10.3 Å². The fourth-order valence-corrected chi connectivity index (χ4v) is 2.01. The molecule has 0 aliphatic rings. The van der Waals surface area contributed by atoms with Crippen LogP contribution in [0.25, 0.3) is 0 Å². The summed E-state index contributed by atoms with van der Waals surface area (Å²) in [5.41, 5.74) is 6.61. The summed E-state index contributed by atoms with van der Waals surface area (Å²) in [4.78, 5) is 4.39. The summed E-state index contributed by atoms with van der Waals surface area (Å²) < 4.78 is 5.16. The molecule has 1 heterocycles. The number of hydrogen-bond donors (Lipinski definition) is 2. The van der Waals surface area contributed by atoms with Crippen molar-refractivity contribution in [3.05, 3.63) is 16.1 Å². The van der Waals surface area contributed by atoms with E-state index >= 15 is 0 Å². The first-order valence-electron chi connectivity index (χ1n) is 5.11. The van der Waals surface area contributed by atoms with E-state index in [4.69, 9.17) is 10.5 Å². The Morgan fingerprint density at radius 3 is 3.00 bits per heavy atom. The Morgan fingerprint density at radius 1 is 1.67 bits per heavy atom. The van der Waals surface area contributed by atoms with Gasteiger partial charge in [0.15, 0.2) is 0 Å². The number of nitrogens with one attached hydrogen (secondary N) is 1. The van der Waals surface area contributed by atoms with Crippen molar-refractivity contribution < 1.29 is 4.74 Å². The molecule has 86 valence electrons. The van der Waals surface area contributed by atoms with E-state index in [1.54, 1.807) is 18.4 Å². The van der Waals surface area contributed by atoms with Crippen molar-refractivity contribution in [3.63, 3.8) is 0 Å². The number of nitrogens with two attached hydrogens (primary N) is 1. The molecule has 0 saturated carbocycles. The Labute approximate surface area is 94.8 Å². The minimum absolute atomic E-state index is 0.114. The van der Waals surface area contributed by atoms with Gasteiger partial charge in [-0.3, -0.25) is 0 Å². The lowest BCUT2D eigenvalue weighted by molar-refractivity contribution is 0.109. The lowest BCUT2D eigenvalue weighted by Gasteiger charge is -2.12. The second-order valence-corrected chi connectivity index (χ2v) is 4.37. The quantitative estimate of drug-likeness (QED) is 0.671. The predicted octanol–water partition coefficient (Wildman–Crippen LogP) is 0.557. The van der Waals surface area contributed by atoms with Gasteiger partial charge in [0.05, 0.1) is 11.1 Å². The molecule has 3 N–H and O–H groups in total. The van der Waals surface area contributed by atoms with E-state index in [0.717, 1.165) is 25.2 Å². The van der Waals surface area contributed by atoms with Gasteiger partial charge in [-0.05, 0) is 6.92 Å². The molecular weight excluding hydrogens is 210 g/mol. The van der Waals surface area contributed by atoms with E-state index in [2.05, 4.69) is 15.7 Å². The van der Waals surface area contributed by atoms with Crippen molar-refractivity contribution in [3.8, 4) is 0 Å². The van der Waals surface area contributed by atoms with Crippen LogP contribution in [0.4, 0.5) is 0 Å². The smallest absolute Gasteiger partial charge is 0.0940 e. The summed E-state index contributed by atoms with van der Waals surface area (Å²) in [5, 5.41) is 6.57. The second kappa shape index (κ2) is 6.90. The molecule has 0 spiro atoms. The number of rotatable bonds is 7. The molecule has 0 bridgehead atoms. The lowest BCUT2D eigenvalue weighted by Crippen LogP contribution is -2.35. The highest BCUT2D eigenvalue weighted by atomic mass is 32.1. The van der Waals surface area contributed by atoms with Gasteiger partial charge in [-0.15, -0.1) is 11.3 Å². The van der Waals surface area contributed by atoms with Gasteiger partial charge in [0, 0.05) is 44.2 Å². The highest BCUT2D eigenvalue weighted by molar-refractivity contribution is 7.09. The number of nitrogens with zero attached hydrogens (tertiary/aromatic N) is 1. The third kappa shape index (κ3) is 4.70. The van der Waals surface area contributed by atoms with Crippen LogP contribution in [0, 0.1) is 6.92 Å². The van der Waals surface area contributed by atoms with Crippen molar-refractivity contribution >= 4 is 11.3 Å². The van der Waals surface area contributed by atoms with Crippen molar-refractivity contribution in [2.45, 2.75) is 19.4 Å². The molecular formula is C10H19N3OS. The van der Waals surface area contributed by atoms with E-state index in [1.165, 1.54) is 5.01 Å². The molecule has 1 atom stereocenters. The van der Waals surface area contributed by atoms with Crippen LogP contribution in [-0.4, -0.2) is 37.8 Å². The van der Waals surface area contributed by atoms with Gasteiger partial charge >= 0.3 is 0 Å². The highest BCUT2D eigenvalue weighted by Gasteiger charge is 2.03. The van der Waals surface area contributed by atoms with Crippen molar-refractivity contribution in [2.24, 2.45) is 5.73 Å². The van der Waals surface area contributed by atoms with Crippen LogP contribution in [0.5, 0.6) is 0 Å². The number of ether oxygens (including phenoxy) is 1. The van der Waals surface area contributed by atoms with Crippen LogP contribution >= 0.6 is 11.3 Å². The zero-order valence-electron chi connectivity index (χ0n) is 9.32. The lowest BCUT2D eigenvalue weighted by atomic mass is 10.3. The van der Waals surface area contributed by atoms with Crippen LogP contribution in [-0.2, 0) is 11.2 Å². The van der Waals surface area contributed by atoms with Crippen molar-refractivity contribution in [1.29, 1.82) is 0 Å². The number of hydrogen-bond acceptors (Lipinski definition) is 5. The maximum Gasteiger partial charge on any atom is 0.0940 e. The van der Waals surface area contributed by atoms with Gasteiger partial charge in [-0.1, -0.05) is 0 Å². The van der Waals surface area contributed by atoms with E-state index in [1.807, 2.05) is 6.92 Å². The summed E-state index contributed by atoms with van der Waals surface area (Å²) in [6.45, 7) is 4.30. The highest BCUT2D eigenvalue weighted by Crippen LogP contribution is 2.08. The van der Waals surface area contributed by atoms with E-state index in [0.29, 0.717) is 6.54 Å². The average Bonchev–Trinajstić information content (AvgIpc) is 2.65.